The lowest BCUT2D eigenvalue weighted by Crippen LogP contribution is -2.47. The van der Waals surface area contributed by atoms with Gasteiger partial charge < -0.3 is 9.30 Å². The highest BCUT2D eigenvalue weighted by Crippen LogP contribution is 2.18. The lowest BCUT2D eigenvalue weighted by atomic mass is 10.2. The Kier molecular flexibility index (Phi) is 6.51. The number of amides is 2. The zero-order chi connectivity index (χ0) is 21.7. The molecule has 3 aromatic rings. The van der Waals surface area contributed by atoms with E-state index >= 15 is 0 Å². The van der Waals surface area contributed by atoms with Gasteiger partial charge in [0.25, 0.3) is 11.8 Å². The number of hydrogen-bond acceptors (Lipinski definition) is 3. The summed E-state index contributed by atoms with van der Waals surface area (Å²) in [6.45, 7) is 5.90. The highest BCUT2D eigenvalue weighted by atomic mass is 19.1. The van der Waals surface area contributed by atoms with Crippen LogP contribution in [0.25, 0.3) is 0 Å². The Balaban J connectivity index is 1.61. The van der Waals surface area contributed by atoms with Crippen LogP contribution >= 0.6 is 0 Å². The zero-order valence-electron chi connectivity index (χ0n) is 17.1. The minimum absolute atomic E-state index is 0.0315. The van der Waals surface area contributed by atoms with Crippen molar-refractivity contribution in [2.45, 2.75) is 33.4 Å². The monoisotopic (exact) mass is 409 g/mol. The molecule has 6 nitrogen and oxygen atoms in total. The molecule has 1 aromatic heterocycles. The first-order valence-electron chi connectivity index (χ1n) is 9.59. The van der Waals surface area contributed by atoms with Crippen LogP contribution in [0, 0.1) is 19.7 Å². The fraction of sp³-hybridized carbons (Fsp3) is 0.217. The second kappa shape index (κ2) is 9.26. The number of benzene rings is 2. The number of ether oxygens (including phenoxy) is 1. The highest BCUT2D eigenvalue weighted by molar-refractivity contribution is 5.97. The van der Waals surface area contributed by atoms with Gasteiger partial charge in [-0.3, -0.25) is 20.4 Å². The van der Waals surface area contributed by atoms with Crippen LogP contribution in [0.4, 0.5) is 4.39 Å². The Hall–Kier alpha value is -3.61. The van der Waals surface area contributed by atoms with Crippen LogP contribution in [-0.4, -0.2) is 22.5 Å². The Bertz CT molecular complexity index is 1050. The van der Waals surface area contributed by atoms with Crippen molar-refractivity contribution in [2.75, 3.05) is 0 Å². The standard InChI is InChI=1S/C23H24FN3O3/c1-15-13-19(16(2)27(15)14-18-9-5-4-6-10-18)23(29)26-25-22(28)17(3)30-21-12-8-7-11-20(21)24/h4-13,17H,14H2,1-3H3,(H,25,28)(H,26,29). The number of halogens is 1. The molecule has 0 aliphatic heterocycles. The van der Waals surface area contributed by atoms with Crippen molar-refractivity contribution < 1.29 is 18.7 Å². The minimum Gasteiger partial charge on any atom is -0.478 e. The number of nitrogens with one attached hydrogen (secondary N) is 2. The fourth-order valence-corrected chi connectivity index (χ4v) is 3.11. The van der Waals surface area contributed by atoms with Gasteiger partial charge in [0.2, 0.25) is 0 Å². The summed E-state index contributed by atoms with van der Waals surface area (Å²) in [4.78, 5) is 24.8. The molecule has 156 valence electrons. The first kappa shape index (κ1) is 21.1. The van der Waals surface area contributed by atoms with E-state index in [9.17, 15) is 14.0 Å². The van der Waals surface area contributed by atoms with E-state index in [0.717, 1.165) is 17.0 Å². The average molecular weight is 409 g/mol. The van der Waals surface area contributed by atoms with E-state index in [-0.39, 0.29) is 5.75 Å². The van der Waals surface area contributed by atoms with E-state index in [1.165, 1.54) is 25.1 Å². The van der Waals surface area contributed by atoms with Gasteiger partial charge in [-0.15, -0.1) is 0 Å². The number of carbonyl (C=O) groups is 2. The summed E-state index contributed by atoms with van der Waals surface area (Å²) in [6.07, 6.45) is -0.993. The molecule has 7 heteroatoms. The summed E-state index contributed by atoms with van der Waals surface area (Å²) in [5, 5.41) is 0. The van der Waals surface area contributed by atoms with E-state index in [4.69, 9.17) is 4.74 Å². The molecule has 0 radical (unpaired) electrons. The summed E-state index contributed by atoms with van der Waals surface area (Å²) in [5.74, 6) is -1.62. The predicted octanol–water partition coefficient (Wildman–Crippen LogP) is 3.52. The maximum atomic E-state index is 13.7. The molecule has 1 unspecified atom stereocenters. The SMILES string of the molecule is Cc1cc(C(=O)NNC(=O)C(C)Oc2ccccc2F)c(C)n1Cc1ccccc1. The maximum absolute atomic E-state index is 13.7. The molecule has 0 saturated carbocycles. The molecule has 2 amide bonds. The average Bonchev–Trinajstić information content (AvgIpc) is 3.02. The van der Waals surface area contributed by atoms with E-state index in [1.54, 1.807) is 12.1 Å². The van der Waals surface area contributed by atoms with E-state index < -0.39 is 23.7 Å². The predicted molar refractivity (Wildman–Crippen MR) is 112 cm³/mol. The third kappa shape index (κ3) is 4.86. The molecule has 0 bridgehead atoms. The Labute approximate surface area is 174 Å². The van der Waals surface area contributed by atoms with Crippen LogP contribution in [0.3, 0.4) is 0 Å². The van der Waals surface area contributed by atoms with Gasteiger partial charge in [0.15, 0.2) is 17.7 Å². The minimum atomic E-state index is -0.993. The van der Waals surface area contributed by atoms with Crippen LogP contribution in [0.1, 0.15) is 34.2 Å². The number of para-hydroxylation sites is 1. The third-order valence-electron chi connectivity index (χ3n) is 4.81. The third-order valence-corrected chi connectivity index (χ3v) is 4.81. The molecule has 2 aromatic carbocycles. The van der Waals surface area contributed by atoms with Crippen molar-refractivity contribution in [3.8, 4) is 5.75 Å². The fourth-order valence-electron chi connectivity index (χ4n) is 3.11. The molecule has 3 rings (SSSR count). The molecule has 0 aliphatic carbocycles. The molecule has 1 atom stereocenters. The van der Waals surface area contributed by atoms with Crippen molar-refractivity contribution >= 4 is 11.8 Å². The lowest BCUT2D eigenvalue weighted by Gasteiger charge is -2.15. The van der Waals surface area contributed by atoms with Gasteiger partial charge in [-0.1, -0.05) is 42.5 Å². The topological polar surface area (TPSA) is 72.4 Å². The summed E-state index contributed by atoms with van der Waals surface area (Å²) in [5.41, 5.74) is 8.04. The number of hydrazine groups is 1. The second-order valence-corrected chi connectivity index (χ2v) is 6.99. The van der Waals surface area contributed by atoms with Crippen molar-refractivity contribution in [3.05, 3.63) is 89.0 Å². The molecule has 1 heterocycles. The van der Waals surface area contributed by atoms with Gasteiger partial charge in [0, 0.05) is 17.9 Å². The lowest BCUT2D eigenvalue weighted by molar-refractivity contribution is -0.128. The van der Waals surface area contributed by atoms with Gasteiger partial charge in [-0.2, -0.15) is 0 Å². The van der Waals surface area contributed by atoms with Gasteiger partial charge >= 0.3 is 0 Å². The Morgan fingerprint density at radius 2 is 1.70 bits per heavy atom. The molecule has 0 saturated heterocycles. The number of aryl methyl sites for hydroxylation is 1. The molecule has 0 fully saturated rings. The van der Waals surface area contributed by atoms with Gasteiger partial charge in [0.1, 0.15) is 0 Å². The largest absolute Gasteiger partial charge is 0.478 e. The molecule has 0 aliphatic rings. The summed E-state index contributed by atoms with van der Waals surface area (Å²) < 4.78 is 21.0. The van der Waals surface area contributed by atoms with Crippen LogP contribution in [0.15, 0.2) is 60.7 Å². The zero-order valence-corrected chi connectivity index (χ0v) is 17.1. The molecule has 30 heavy (non-hydrogen) atoms. The maximum Gasteiger partial charge on any atom is 0.279 e. The number of aromatic nitrogens is 1. The Morgan fingerprint density at radius 1 is 1.03 bits per heavy atom. The van der Waals surface area contributed by atoms with Crippen molar-refractivity contribution in [3.63, 3.8) is 0 Å². The van der Waals surface area contributed by atoms with Crippen molar-refractivity contribution in [1.82, 2.24) is 15.4 Å². The Morgan fingerprint density at radius 3 is 2.40 bits per heavy atom. The second-order valence-electron chi connectivity index (χ2n) is 6.99. The van der Waals surface area contributed by atoms with Crippen LogP contribution in [0.5, 0.6) is 5.75 Å². The smallest absolute Gasteiger partial charge is 0.279 e. The number of nitrogens with zero attached hydrogens (tertiary/aromatic N) is 1. The summed E-state index contributed by atoms with van der Waals surface area (Å²) >= 11 is 0. The van der Waals surface area contributed by atoms with Crippen molar-refractivity contribution in [1.29, 1.82) is 0 Å². The van der Waals surface area contributed by atoms with E-state index in [0.29, 0.717) is 12.1 Å². The highest BCUT2D eigenvalue weighted by Gasteiger charge is 2.20. The van der Waals surface area contributed by atoms with E-state index in [2.05, 4.69) is 10.9 Å². The van der Waals surface area contributed by atoms with Gasteiger partial charge in [-0.05, 0) is 44.5 Å². The van der Waals surface area contributed by atoms with Crippen LogP contribution in [0.2, 0.25) is 0 Å². The first-order valence-corrected chi connectivity index (χ1v) is 9.59. The first-order chi connectivity index (χ1) is 14.4. The number of hydrogen-bond donors (Lipinski definition) is 2. The van der Waals surface area contributed by atoms with Crippen LogP contribution in [-0.2, 0) is 11.3 Å². The molecular formula is C23H24FN3O3. The van der Waals surface area contributed by atoms with Gasteiger partial charge in [-0.25, -0.2) is 4.39 Å². The number of carbonyl (C=O) groups excluding carboxylic acids is 2. The van der Waals surface area contributed by atoms with Gasteiger partial charge in [0.05, 0.1) is 5.56 Å². The molecule has 0 spiro atoms. The molecular weight excluding hydrogens is 385 g/mol. The summed E-state index contributed by atoms with van der Waals surface area (Å²) in [6, 6.07) is 17.5. The summed E-state index contributed by atoms with van der Waals surface area (Å²) in [7, 11) is 0. The van der Waals surface area contributed by atoms with Crippen molar-refractivity contribution in [2.24, 2.45) is 0 Å². The molecule has 2 N–H and O–H groups in total. The van der Waals surface area contributed by atoms with Crippen LogP contribution < -0.4 is 15.6 Å². The normalized spacial score (nSPS) is 11.6. The van der Waals surface area contributed by atoms with E-state index in [1.807, 2.05) is 48.7 Å². The number of rotatable bonds is 6. The quantitative estimate of drug-likeness (QED) is 0.612.